The molecule has 1 amide bonds. The molecule has 0 aliphatic rings. The number of nitrogens with zero attached hydrogens (tertiary/aromatic N) is 1. The molecule has 0 spiro atoms. The lowest BCUT2D eigenvalue weighted by Gasteiger charge is -2.12. The molecule has 5 nitrogen and oxygen atoms in total. The summed E-state index contributed by atoms with van der Waals surface area (Å²) in [5.74, 6) is 1.40. The molecule has 0 fully saturated rings. The van der Waals surface area contributed by atoms with E-state index in [1.54, 1.807) is 24.3 Å². The third-order valence-corrected chi connectivity index (χ3v) is 3.25. The summed E-state index contributed by atoms with van der Waals surface area (Å²) in [6.45, 7) is 7.77. The van der Waals surface area contributed by atoms with Crippen LogP contribution in [0.3, 0.4) is 0 Å². The van der Waals surface area contributed by atoms with Gasteiger partial charge in [-0.3, -0.25) is 4.79 Å². The third-order valence-electron chi connectivity index (χ3n) is 3.01. The second-order valence-corrected chi connectivity index (χ2v) is 6.51. The standard InChI is InChI=1S/C16H19ClN2O3/c1-10-7-11(17)5-6-12(10)21-9-15(20)18-14-8-13(22-19-14)16(2,3)4/h5-8H,9H2,1-4H3,(H,18,19,20). The number of hydrogen-bond donors (Lipinski definition) is 1. The van der Waals surface area contributed by atoms with Crippen LogP contribution in [-0.2, 0) is 10.2 Å². The first-order valence-electron chi connectivity index (χ1n) is 6.92. The minimum Gasteiger partial charge on any atom is -0.483 e. The molecule has 118 valence electrons. The lowest BCUT2D eigenvalue weighted by Crippen LogP contribution is -2.20. The molecule has 0 saturated heterocycles. The minimum absolute atomic E-state index is 0.111. The first-order chi connectivity index (χ1) is 10.3. The van der Waals surface area contributed by atoms with Gasteiger partial charge in [0.15, 0.2) is 12.4 Å². The van der Waals surface area contributed by atoms with E-state index in [0.717, 1.165) is 5.56 Å². The highest BCUT2D eigenvalue weighted by atomic mass is 35.5. The second-order valence-electron chi connectivity index (χ2n) is 6.07. The first kappa shape index (κ1) is 16.4. The molecule has 0 saturated carbocycles. The predicted molar refractivity (Wildman–Crippen MR) is 85.5 cm³/mol. The Morgan fingerprint density at radius 1 is 1.36 bits per heavy atom. The van der Waals surface area contributed by atoms with Crippen molar-refractivity contribution in [2.24, 2.45) is 0 Å². The van der Waals surface area contributed by atoms with E-state index in [-0.39, 0.29) is 17.9 Å². The van der Waals surface area contributed by atoms with Crippen molar-refractivity contribution in [2.45, 2.75) is 33.1 Å². The van der Waals surface area contributed by atoms with E-state index in [0.29, 0.717) is 22.4 Å². The van der Waals surface area contributed by atoms with E-state index in [1.807, 2.05) is 27.7 Å². The van der Waals surface area contributed by atoms with E-state index in [1.165, 1.54) is 0 Å². The zero-order valence-electron chi connectivity index (χ0n) is 13.1. The van der Waals surface area contributed by atoms with Crippen LogP contribution < -0.4 is 10.1 Å². The number of nitrogens with one attached hydrogen (secondary N) is 1. The summed E-state index contributed by atoms with van der Waals surface area (Å²) in [6, 6.07) is 6.95. The Balaban J connectivity index is 1.92. The number of benzene rings is 1. The Hall–Kier alpha value is -2.01. The molecule has 0 atom stereocenters. The molecule has 1 heterocycles. The zero-order valence-corrected chi connectivity index (χ0v) is 13.8. The van der Waals surface area contributed by atoms with E-state index >= 15 is 0 Å². The van der Waals surface area contributed by atoms with Gasteiger partial charge in [0.1, 0.15) is 11.5 Å². The van der Waals surface area contributed by atoms with Crippen molar-refractivity contribution in [3.8, 4) is 5.75 Å². The average molecular weight is 323 g/mol. The number of hydrogen-bond acceptors (Lipinski definition) is 4. The quantitative estimate of drug-likeness (QED) is 0.925. The molecule has 0 aliphatic carbocycles. The van der Waals surface area contributed by atoms with Crippen LogP contribution in [0.5, 0.6) is 5.75 Å². The van der Waals surface area contributed by atoms with Crippen LogP contribution in [0.1, 0.15) is 32.1 Å². The lowest BCUT2D eigenvalue weighted by molar-refractivity contribution is -0.118. The van der Waals surface area contributed by atoms with E-state index in [9.17, 15) is 4.79 Å². The van der Waals surface area contributed by atoms with Crippen molar-refractivity contribution in [1.29, 1.82) is 0 Å². The maximum atomic E-state index is 11.9. The van der Waals surface area contributed by atoms with Crippen molar-refractivity contribution < 1.29 is 14.1 Å². The molecule has 1 aromatic carbocycles. The first-order valence-corrected chi connectivity index (χ1v) is 7.29. The summed E-state index contributed by atoms with van der Waals surface area (Å²) in [6.07, 6.45) is 0. The number of carbonyl (C=O) groups is 1. The van der Waals surface area contributed by atoms with Gasteiger partial charge in [-0.1, -0.05) is 37.5 Å². The van der Waals surface area contributed by atoms with Gasteiger partial charge in [0.05, 0.1) is 0 Å². The third kappa shape index (κ3) is 4.24. The zero-order chi connectivity index (χ0) is 16.3. The number of anilines is 1. The summed E-state index contributed by atoms with van der Waals surface area (Å²) in [5.41, 5.74) is 0.712. The molecular formula is C16H19ClN2O3. The maximum absolute atomic E-state index is 11.9. The van der Waals surface area contributed by atoms with E-state index in [4.69, 9.17) is 20.9 Å². The number of halogens is 1. The molecule has 2 aromatic rings. The summed E-state index contributed by atoms with van der Waals surface area (Å²) in [5, 5.41) is 7.10. The number of ether oxygens (including phenoxy) is 1. The van der Waals surface area contributed by atoms with Gasteiger partial charge in [-0.25, -0.2) is 0 Å². The van der Waals surface area contributed by atoms with Crippen molar-refractivity contribution in [3.63, 3.8) is 0 Å². The van der Waals surface area contributed by atoms with Crippen LogP contribution in [0.15, 0.2) is 28.8 Å². The highest BCUT2D eigenvalue weighted by Crippen LogP contribution is 2.24. The molecule has 6 heteroatoms. The van der Waals surface area contributed by atoms with Gasteiger partial charge >= 0.3 is 0 Å². The number of rotatable bonds is 4. The number of aromatic nitrogens is 1. The van der Waals surface area contributed by atoms with Gasteiger partial charge in [-0.2, -0.15) is 0 Å². The summed E-state index contributed by atoms with van der Waals surface area (Å²) in [7, 11) is 0. The molecular weight excluding hydrogens is 304 g/mol. The Morgan fingerprint density at radius 3 is 2.68 bits per heavy atom. The fourth-order valence-corrected chi connectivity index (χ4v) is 2.01. The fourth-order valence-electron chi connectivity index (χ4n) is 1.78. The summed E-state index contributed by atoms with van der Waals surface area (Å²) >= 11 is 5.87. The highest BCUT2D eigenvalue weighted by Gasteiger charge is 2.20. The molecule has 0 unspecified atom stereocenters. The molecule has 0 radical (unpaired) electrons. The maximum Gasteiger partial charge on any atom is 0.263 e. The van der Waals surface area contributed by atoms with Crippen LogP contribution >= 0.6 is 11.6 Å². The van der Waals surface area contributed by atoms with Gasteiger partial charge in [-0.05, 0) is 30.7 Å². The second kappa shape index (κ2) is 6.40. The van der Waals surface area contributed by atoms with Crippen LogP contribution in [0.25, 0.3) is 0 Å². The van der Waals surface area contributed by atoms with Crippen molar-refractivity contribution in [3.05, 3.63) is 40.6 Å². The Kier molecular flexibility index (Phi) is 4.76. The van der Waals surface area contributed by atoms with E-state index in [2.05, 4.69) is 10.5 Å². The fraction of sp³-hybridized carbons (Fsp3) is 0.375. The van der Waals surface area contributed by atoms with Crippen LogP contribution in [-0.4, -0.2) is 17.7 Å². The Labute approximate surface area is 134 Å². The number of amides is 1. The van der Waals surface area contributed by atoms with Crippen LogP contribution in [0, 0.1) is 6.92 Å². The highest BCUT2D eigenvalue weighted by molar-refractivity contribution is 6.30. The molecule has 1 aromatic heterocycles. The molecule has 1 N–H and O–H groups in total. The van der Waals surface area contributed by atoms with Crippen molar-refractivity contribution in [2.75, 3.05) is 11.9 Å². The number of carbonyl (C=O) groups excluding carboxylic acids is 1. The smallest absolute Gasteiger partial charge is 0.263 e. The molecule has 0 aliphatic heterocycles. The SMILES string of the molecule is Cc1cc(Cl)ccc1OCC(=O)Nc1cc(C(C)(C)C)on1. The number of aryl methyl sites for hydroxylation is 1. The normalized spacial score (nSPS) is 11.3. The molecule has 0 bridgehead atoms. The van der Waals surface area contributed by atoms with Crippen molar-refractivity contribution in [1.82, 2.24) is 5.16 Å². The van der Waals surface area contributed by atoms with Crippen LogP contribution in [0.2, 0.25) is 5.02 Å². The molecule has 22 heavy (non-hydrogen) atoms. The van der Waals surface area contributed by atoms with Gasteiger partial charge in [0.25, 0.3) is 5.91 Å². The topological polar surface area (TPSA) is 64.4 Å². The average Bonchev–Trinajstić information content (AvgIpc) is 2.86. The van der Waals surface area contributed by atoms with E-state index < -0.39 is 0 Å². The van der Waals surface area contributed by atoms with Crippen LogP contribution in [0.4, 0.5) is 5.82 Å². The van der Waals surface area contributed by atoms with Gasteiger partial charge < -0.3 is 14.6 Å². The van der Waals surface area contributed by atoms with Crippen molar-refractivity contribution >= 4 is 23.3 Å². The summed E-state index contributed by atoms with van der Waals surface area (Å²) in [4.78, 5) is 11.9. The molecule has 2 rings (SSSR count). The Morgan fingerprint density at radius 2 is 2.09 bits per heavy atom. The van der Waals surface area contributed by atoms with Gasteiger partial charge in [-0.15, -0.1) is 0 Å². The summed E-state index contributed by atoms with van der Waals surface area (Å²) < 4.78 is 10.7. The largest absolute Gasteiger partial charge is 0.483 e. The minimum atomic E-state index is -0.303. The van der Waals surface area contributed by atoms with Gasteiger partial charge in [0.2, 0.25) is 0 Å². The lowest BCUT2D eigenvalue weighted by atomic mass is 9.93. The monoisotopic (exact) mass is 322 g/mol. The van der Waals surface area contributed by atoms with Gasteiger partial charge in [0, 0.05) is 16.5 Å². The predicted octanol–water partition coefficient (Wildman–Crippen LogP) is 3.95. The Bertz CT molecular complexity index is 674.